The third-order valence-corrected chi connectivity index (χ3v) is 7.43. The molecule has 0 spiro atoms. The fourth-order valence-electron chi connectivity index (χ4n) is 5.31. The van der Waals surface area contributed by atoms with Crippen LogP contribution < -0.4 is 16.4 Å². The van der Waals surface area contributed by atoms with Crippen molar-refractivity contribution in [3.05, 3.63) is 78.2 Å². The number of hydrogen-bond acceptors (Lipinski definition) is 7. The fraction of sp³-hybridized carbons (Fsp3) is 0.379. The highest BCUT2D eigenvalue weighted by Crippen LogP contribution is 2.27. The predicted molar refractivity (Wildman–Crippen MR) is 149 cm³/mol. The third kappa shape index (κ3) is 6.47. The Hall–Kier alpha value is -3.98. The number of nitrogen functional groups attached to an aromatic ring is 1. The van der Waals surface area contributed by atoms with E-state index in [1.807, 2.05) is 41.3 Å². The van der Waals surface area contributed by atoms with Crippen LogP contribution in [0.25, 0.3) is 0 Å². The number of carbonyl (C=O) groups is 2. The number of amides is 2. The van der Waals surface area contributed by atoms with E-state index in [9.17, 15) is 9.59 Å². The van der Waals surface area contributed by atoms with Gasteiger partial charge in [-0.2, -0.15) is 0 Å². The summed E-state index contributed by atoms with van der Waals surface area (Å²) in [5.41, 5.74) is 8.95. The molecule has 2 fully saturated rings. The minimum absolute atomic E-state index is 0.0980. The Morgan fingerprint density at radius 2 is 1.61 bits per heavy atom. The van der Waals surface area contributed by atoms with Gasteiger partial charge in [-0.15, -0.1) is 0 Å². The molecule has 0 saturated carbocycles. The molecule has 9 heteroatoms. The maximum absolute atomic E-state index is 13.2. The van der Waals surface area contributed by atoms with Crippen LogP contribution in [0.3, 0.4) is 0 Å². The van der Waals surface area contributed by atoms with Crippen LogP contribution in [-0.4, -0.2) is 63.8 Å². The summed E-state index contributed by atoms with van der Waals surface area (Å²) in [6.45, 7) is 4.16. The van der Waals surface area contributed by atoms with E-state index in [4.69, 9.17) is 5.73 Å². The van der Waals surface area contributed by atoms with Crippen LogP contribution >= 0.6 is 0 Å². The molecule has 4 heterocycles. The number of pyridine rings is 2. The Kier molecular flexibility index (Phi) is 8.13. The number of para-hydroxylation sites is 2. The SMILES string of the molecule is Nc1cc(CN2CCC(C(=O)N3CCC(Nc4ccccc4NC(=O)c4ccccn4)CC3)CC2)ccn1. The highest BCUT2D eigenvalue weighted by Gasteiger charge is 2.31. The number of aromatic nitrogens is 2. The van der Waals surface area contributed by atoms with E-state index in [1.165, 1.54) is 0 Å². The number of piperidine rings is 2. The van der Waals surface area contributed by atoms with E-state index in [0.717, 1.165) is 75.3 Å². The molecule has 0 atom stereocenters. The van der Waals surface area contributed by atoms with Crippen molar-refractivity contribution in [2.75, 3.05) is 42.5 Å². The number of carbonyl (C=O) groups excluding carboxylic acids is 2. The summed E-state index contributed by atoms with van der Waals surface area (Å²) in [7, 11) is 0. The molecule has 2 aliphatic heterocycles. The molecule has 0 bridgehead atoms. The van der Waals surface area contributed by atoms with E-state index >= 15 is 0 Å². The summed E-state index contributed by atoms with van der Waals surface area (Å²) in [6.07, 6.45) is 6.88. The van der Waals surface area contributed by atoms with E-state index in [1.54, 1.807) is 30.6 Å². The molecular formula is C29H35N7O2. The van der Waals surface area contributed by atoms with Gasteiger partial charge in [0.15, 0.2) is 0 Å². The molecule has 5 rings (SSSR count). The summed E-state index contributed by atoms with van der Waals surface area (Å²) in [5.74, 6) is 0.694. The van der Waals surface area contributed by atoms with E-state index in [0.29, 0.717) is 17.4 Å². The first-order valence-electron chi connectivity index (χ1n) is 13.3. The van der Waals surface area contributed by atoms with Gasteiger partial charge in [-0.3, -0.25) is 19.5 Å². The number of rotatable bonds is 7. The fourth-order valence-corrected chi connectivity index (χ4v) is 5.31. The van der Waals surface area contributed by atoms with Gasteiger partial charge in [0, 0.05) is 44.0 Å². The Morgan fingerprint density at radius 3 is 2.32 bits per heavy atom. The van der Waals surface area contributed by atoms with Crippen LogP contribution in [0, 0.1) is 5.92 Å². The minimum atomic E-state index is -0.240. The molecule has 0 radical (unpaired) electrons. The highest BCUT2D eigenvalue weighted by atomic mass is 16.2. The second-order valence-corrected chi connectivity index (χ2v) is 10.1. The van der Waals surface area contributed by atoms with Gasteiger partial charge in [0.25, 0.3) is 5.91 Å². The van der Waals surface area contributed by atoms with Crippen LogP contribution in [0.5, 0.6) is 0 Å². The number of nitrogens with one attached hydrogen (secondary N) is 2. The largest absolute Gasteiger partial charge is 0.384 e. The molecule has 3 aromatic rings. The summed E-state index contributed by atoms with van der Waals surface area (Å²) >= 11 is 0. The van der Waals surface area contributed by atoms with E-state index < -0.39 is 0 Å². The van der Waals surface area contributed by atoms with E-state index in [2.05, 4.69) is 25.5 Å². The van der Waals surface area contributed by atoms with Gasteiger partial charge in [-0.05, 0) is 80.7 Å². The first-order chi connectivity index (χ1) is 18.5. The molecule has 198 valence electrons. The smallest absolute Gasteiger partial charge is 0.274 e. The summed E-state index contributed by atoms with van der Waals surface area (Å²) in [4.78, 5) is 38.5. The Bertz CT molecular complexity index is 1240. The maximum atomic E-state index is 13.2. The molecule has 0 aliphatic carbocycles. The minimum Gasteiger partial charge on any atom is -0.384 e. The predicted octanol–water partition coefficient (Wildman–Crippen LogP) is 3.63. The van der Waals surface area contributed by atoms with Gasteiger partial charge in [0.1, 0.15) is 11.5 Å². The van der Waals surface area contributed by atoms with Crippen LogP contribution in [0.15, 0.2) is 67.0 Å². The summed E-state index contributed by atoms with van der Waals surface area (Å²) in [6, 6.07) is 17.1. The van der Waals surface area contributed by atoms with Gasteiger partial charge >= 0.3 is 0 Å². The quantitative estimate of drug-likeness (QED) is 0.442. The molecule has 2 aliphatic rings. The van der Waals surface area contributed by atoms with Crippen LogP contribution in [0.2, 0.25) is 0 Å². The molecule has 4 N–H and O–H groups in total. The van der Waals surface area contributed by atoms with Crippen molar-refractivity contribution >= 4 is 29.0 Å². The first kappa shape index (κ1) is 25.7. The van der Waals surface area contributed by atoms with Crippen molar-refractivity contribution in [1.82, 2.24) is 19.8 Å². The van der Waals surface area contributed by atoms with Crippen molar-refractivity contribution in [1.29, 1.82) is 0 Å². The zero-order valence-electron chi connectivity index (χ0n) is 21.6. The van der Waals surface area contributed by atoms with Gasteiger partial charge in [0.05, 0.1) is 11.4 Å². The number of likely N-dealkylation sites (tertiary alicyclic amines) is 2. The summed E-state index contributed by atoms with van der Waals surface area (Å²) < 4.78 is 0. The van der Waals surface area contributed by atoms with Crippen molar-refractivity contribution in [3.8, 4) is 0 Å². The number of nitrogens with two attached hydrogens (primary N) is 1. The summed E-state index contributed by atoms with van der Waals surface area (Å²) in [5, 5.41) is 6.55. The standard InChI is InChI=1S/C29H35N7O2/c30-27-19-21(8-14-32-27)20-35-15-9-22(10-16-35)29(38)36-17-11-23(12-18-36)33-24-5-1-2-6-25(24)34-28(37)26-7-3-4-13-31-26/h1-8,13-14,19,22-23,33H,9-12,15-18,20H2,(H2,30,32)(H,34,37). The van der Waals surface area contributed by atoms with Crippen LogP contribution in [0.4, 0.5) is 17.2 Å². The molecule has 2 amide bonds. The van der Waals surface area contributed by atoms with Crippen molar-refractivity contribution in [2.45, 2.75) is 38.3 Å². The third-order valence-electron chi connectivity index (χ3n) is 7.43. The van der Waals surface area contributed by atoms with Crippen LogP contribution in [0.1, 0.15) is 41.7 Å². The second kappa shape index (κ2) is 12.0. The van der Waals surface area contributed by atoms with Crippen molar-refractivity contribution in [2.24, 2.45) is 5.92 Å². The number of benzene rings is 1. The zero-order chi connectivity index (χ0) is 26.3. The lowest BCUT2D eigenvalue weighted by Gasteiger charge is -2.37. The van der Waals surface area contributed by atoms with Gasteiger partial charge < -0.3 is 21.3 Å². The molecule has 1 aromatic carbocycles. The highest BCUT2D eigenvalue weighted by molar-refractivity contribution is 6.04. The molecule has 0 unspecified atom stereocenters. The number of hydrogen-bond donors (Lipinski definition) is 3. The zero-order valence-corrected chi connectivity index (χ0v) is 21.6. The van der Waals surface area contributed by atoms with Gasteiger partial charge in [0.2, 0.25) is 5.91 Å². The normalized spacial score (nSPS) is 17.2. The first-order valence-corrected chi connectivity index (χ1v) is 13.3. The van der Waals surface area contributed by atoms with Gasteiger partial charge in [-0.1, -0.05) is 18.2 Å². The Balaban J connectivity index is 1.09. The molecule has 2 saturated heterocycles. The Morgan fingerprint density at radius 1 is 0.868 bits per heavy atom. The molecule has 2 aromatic heterocycles. The Labute approximate surface area is 223 Å². The maximum Gasteiger partial charge on any atom is 0.274 e. The van der Waals surface area contributed by atoms with Crippen molar-refractivity contribution < 1.29 is 9.59 Å². The molecule has 38 heavy (non-hydrogen) atoms. The second-order valence-electron chi connectivity index (χ2n) is 10.1. The molecule has 9 nitrogen and oxygen atoms in total. The number of nitrogens with zero attached hydrogens (tertiary/aromatic N) is 4. The lowest BCUT2D eigenvalue weighted by molar-refractivity contribution is -0.138. The lowest BCUT2D eigenvalue weighted by Crippen LogP contribution is -2.47. The monoisotopic (exact) mass is 513 g/mol. The molecular weight excluding hydrogens is 478 g/mol. The van der Waals surface area contributed by atoms with Gasteiger partial charge in [-0.25, -0.2) is 4.98 Å². The van der Waals surface area contributed by atoms with Crippen molar-refractivity contribution in [3.63, 3.8) is 0 Å². The lowest BCUT2D eigenvalue weighted by atomic mass is 9.93. The topological polar surface area (TPSA) is 116 Å². The van der Waals surface area contributed by atoms with Crippen LogP contribution in [-0.2, 0) is 11.3 Å². The average Bonchev–Trinajstić information content (AvgIpc) is 2.95. The average molecular weight is 514 g/mol. The number of anilines is 3. The van der Waals surface area contributed by atoms with E-state index in [-0.39, 0.29) is 17.9 Å².